The third-order valence-corrected chi connectivity index (χ3v) is 6.08. The number of nitrogens with one attached hydrogen (secondary N) is 1. The third-order valence-electron chi connectivity index (χ3n) is 4.18. The monoisotopic (exact) mass is 361 g/mol. The first kappa shape index (κ1) is 15.0. The summed E-state index contributed by atoms with van der Waals surface area (Å²) in [6.45, 7) is 0. The van der Waals surface area contributed by atoms with Crippen molar-refractivity contribution in [2.24, 2.45) is 0 Å². The number of fused-ring (bicyclic) bond motifs is 2. The van der Waals surface area contributed by atoms with Gasteiger partial charge < -0.3 is 5.32 Å². The minimum Gasteiger partial charge on any atom is -0.348 e. The van der Waals surface area contributed by atoms with E-state index in [1.54, 1.807) is 6.07 Å². The molecule has 0 unspecified atom stereocenters. The van der Waals surface area contributed by atoms with E-state index in [-0.39, 0.29) is 11.9 Å². The van der Waals surface area contributed by atoms with E-state index in [1.165, 1.54) is 22.5 Å². The average Bonchev–Trinajstić information content (AvgIpc) is 3.07. The van der Waals surface area contributed by atoms with Gasteiger partial charge >= 0.3 is 0 Å². The van der Waals surface area contributed by atoms with E-state index in [0.717, 1.165) is 22.9 Å². The summed E-state index contributed by atoms with van der Waals surface area (Å²) >= 11 is 13.8. The summed E-state index contributed by atoms with van der Waals surface area (Å²) in [5.74, 6) is -0.106. The Morgan fingerprint density at radius 2 is 1.78 bits per heavy atom. The maximum absolute atomic E-state index is 12.6. The van der Waals surface area contributed by atoms with Gasteiger partial charge in [-0.3, -0.25) is 4.79 Å². The highest BCUT2D eigenvalue weighted by Gasteiger charge is 2.25. The molecule has 116 valence electrons. The van der Waals surface area contributed by atoms with Gasteiger partial charge in [-0.15, -0.1) is 11.3 Å². The molecule has 1 amide bonds. The van der Waals surface area contributed by atoms with Crippen molar-refractivity contribution in [3.63, 3.8) is 0 Å². The standard InChI is InChI=1S/C18H13Cl2NOS/c19-12-5-6-14-15(9-12)23-17(16(14)20)18(22)21-13-7-10-3-1-2-4-11(10)8-13/h1-6,9,13H,7-8H2,(H,21,22). The molecule has 0 saturated heterocycles. The summed E-state index contributed by atoms with van der Waals surface area (Å²) in [7, 11) is 0. The Bertz CT molecular complexity index is 894. The van der Waals surface area contributed by atoms with Crippen LogP contribution in [0, 0.1) is 0 Å². The van der Waals surface area contributed by atoms with Crippen LogP contribution in [-0.2, 0) is 12.8 Å². The van der Waals surface area contributed by atoms with E-state index in [9.17, 15) is 4.79 Å². The third kappa shape index (κ3) is 2.74. The minimum atomic E-state index is -0.106. The first-order chi connectivity index (χ1) is 11.1. The lowest BCUT2D eigenvalue weighted by Crippen LogP contribution is -2.34. The molecule has 1 aliphatic rings. The van der Waals surface area contributed by atoms with Crippen molar-refractivity contribution in [3.05, 3.63) is 68.5 Å². The highest BCUT2D eigenvalue weighted by molar-refractivity contribution is 7.21. The van der Waals surface area contributed by atoms with E-state index in [1.807, 2.05) is 24.3 Å². The zero-order chi connectivity index (χ0) is 16.0. The lowest BCUT2D eigenvalue weighted by Gasteiger charge is -2.11. The Kier molecular flexibility index (Phi) is 3.80. The topological polar surface area (TPSA) is 29.1 Å². The Morgan fingerprint density at radius 1 is 1.09 bits per heavy atom. The quantitative estimate of drug-likeness (QED) is 0.675. The number of rotatable bonds is 2. The van der Waals surface area contributed by atoms with Gasteiger partial charge in [-0.05, 0) is 36.1 Å². The second-order valence-electron chi connectivity index (χ2n) is 5.73. The van der Waals surface area contributed by atoms with Crippen molar-refractivity contribution in [1.29, 1.82) is 0 Å². The lowest BCUT2D eigenvalue weighted by molar-refractivity contribution is 0.0943. The molecule has 2 nitrogen and oxygen atoms in total. The van der Waals surface area contributed by atoms with E-state index in [4.69, 9.17) is 23.2 Å². The Balaban J connectivity index is 1.57. The molecule has 23 heavy (non-hydrogen) atoms. The lowest BCUT2D eigenvalue weighted by atomic mass is 10.1. The highest BCUT2D eigenvalue weighted by Crippen LogP contribution is 2.36. The Morgan fingerprint density at radius 3 is 2.48 bits per heavy atom. The molecular weight excluding hydrogens is 349 g/mol. The van der Waals surface area contributed by atoms with Crippen LogP contribution in [0.25, 0.3) is 10.1 Å². The van der Waals surface area contributed by atoms with Crippen LogP contribution in [0.3, 0.4) is 0 Å². The van der Waals surface area contributed by atoms with Crippen molar-refractivity contribution in [1.82, 2.24) is 5.32 Å². The van der Waals surface area contributed by atoms with Gasteiger partial charge in [0.05, 0.1) is 5.02 Å². The Labute approximate surface area is 148 Å². The number of halogens is 2. The van der Waals surface area contributed by atoms with Gasteiger partial charge in [-0.1, -0.05) is 53.5 Å². The molecule has 1 aliphatic carbocycles. The van der Waals surface area contributed by atoms with Crippen molar-refractivity contribution in [2.75, 3.05) is 0 Å². The molecule has 0 saturated carbocycles. The zero-order valence-electron chi connectivity index (χ0n) is 12.1. The average molecular weight is 362 g/mol. The maximum Gasteiger partial charge on any atom is 0.263 e. The van der Waals surface area contributed by atoms with Gasteiger partial charge in [-0.2, -0.15) is 0 Å². The van der Waals surface area contributed by atoms with Gasteiger partial charge in [0.2, 0.25) is 0 Å². The zero-order valence-corrected chi connectivity index (χ0v) is 14.4. The molecule has 5 heteroatoms. The van der Waals surface area contributed by atoms with Crippen molar-refractivity contribution >= 4 is 50.5 Å². The summed E-state index contributed by atoms with van der Waals surface area (Å²) in [6, 6.07) is 13.9. The first-order valence-electron chi connectivity index (χ1n) is 7.37. The van der Waals surface area contributed by atoms with Crippen molar-refractivity contribution in [2.45, 2.75) is 18.9 Å². The second kappa shape index (κ2) is 5.82. The number of hydrogen-bond donors (Lipinski definition) is 1. The second-order valence-corrected chi connectivity index (χ2v) is 7.60. The largest absolute Gasteiger partial charge is 0.348 e. The van der Waals surface area contributed by atoms with E-state index >= 15 is 0 Å². The van der Waals surface area contributed by atoms with Crippen LogP contribution in [0.2, 0.25) is 10.0 Å². The number of hydrogen-bond acceptors (Lipinski definition) is 2. The van der Waals surface area contributed by atoms with Crippen LogP contribution < -0.4 is 5.32 Å². The number of benzene rings is 2. The van der Waals surface area contributed by atoms with E-state index < -0.39 is 0 Å². The van der Waals surface area contributed by atoms with Gasteiger partial charge in [-0.25, -0.2) is 0 Å². The molecule has 0 fully saturated rings. The summed E-state index contributed by atoms with van der Waals surface area (Å²) in [5, 5.41) is 5.14. The normalized spacial score (nSPS) is 14.2. The molecule has 1 heterocycles. The molecular formula is C18H13Cl2NOS. The highest BCUT2D eigenvalue weighted by atomic mass is 35.5. The maximum atomic E-state index is 12.6. The molecule has 1 N–H and O–H groups in total. The molecule has 3 aromatic rings. The molecule has 0 aliphatic heterocycles. The predicted octanol–water partition coefficient (Wildman–Crippen LogP) is 5.11. The molecule has 2 aromatic carbocycles. The van der Waals surface area contributed by atoms with Gasteiger partial charge in [0.25, 0.3) is 5.91 Å². The van der Waals surface area contributed by atoms with Crippen molar-refractivity contribution < 1.29 is 4.79 Å². The molecule has 1 aromatic heterocycles. The van der Waals surface area contributed by atoms with Gasteiger partial charge in [0, 0.05) is 21.2 Å². The van der Waals surface area contributed by atoms with Gasteiger partial charge in [0.15, 0.2) is 0 Å². The minimum absolute atomic E-state index is 0.106. The predicted molar refractivity (Wildman–Crippen MR) is 96.9 cm³/mol. The fraction of sp³-hybridized carbons (Fsp3) is 0.167. The smallest absolute Gasteiger partial charge is 0.263 e. The Hall–Kier alpha value is -1.55. The van der Waals surface area contributed by atoms with Crippen molar-refractivity contribution in [3.8, 4) is 0 Å². The molecule has 0 atom stereocenters. The molecule has 0 bridgehead atoms. The molecule has 4 rings (SSSR count). The van der Waals surface area contributed by atoms with Crippen LogP contribution in [0.1, 0.15) is 20.8 Å². The summed E-state index contributed by atoms with van der Waals surface area (Å²) in [6.07, 6.45) is 1.74. The van der Waals surface area contributed by atoms with Crippen LogP contribution in [0.4, 0.5) is 0 Å². The summed E-state index contributed by atoms with van der Waals surface area (Å²) in [5.41, 5.74) is 2.62. The van der Waals surface area contributed by atoms with E-state index in [0.29, 0.717) is 14.9 Å². The summed E-state index contributed by atoms with van der Waals surface area (Å²) < 4.78 is 0.933. The van der Waals surface area contributed by atoms with E-state index in [2.05, 4.69) is 17.4 Å². The van der Waals surface area contributed by atoms with Crippen LogP contribution in [0.5, 0.6) is 0 Å². The SMILES string of the molecule is O=C(NC1Cc2ccccc2C1)c1sc2cc(Cl)ccc2c1Cl. The van der Waals surface area contributed by atoms with Gasteiger partial charge in [0.1, 0.15) is 4.88 Å². The number of amides is 1. The first-order valence-corrected chi connectivity index (χ1v) is 8.94. The summed E-state index contributed by atoms with van der Waals surface area (Å²) in [4.78, 5) is 13.2. The number of carbonyl (C=O) groups is 1. The van der Waals surface area contributed by atoms with Crippen LogP contribution in [0.15, 0.2) is 42.5 Å². The fourth-order valence-electron chi connectivity index (χ4n) is 3.10. The van der Waals surface area contributed by atoms with Crippen LogP contribution >= 0.6 is 34.5 Å². The molecule has 0 radical (unpaired) electrons. The molecule has 0 spiro atoms. The number of carbonyl (C=O) groups excluding carboxylic acids is 1. The number of thiophene rings is 1. The van der Waals surface area contributed by atoms with Crippen LogP contribution in [-0.4, -0.2) is 11.9 Å². The fourth-order valence-corrected chi connectivity index (χ4v) is 4.79.